The Kier molecular flexibility index (Phi) is 6.05. The van der Waals surface area contributed by atoms with Crippen LogP contribution in [0, 0.1) is 5.82 Å². The summed E-state index contributed by atoms with van der Waals surface area (Å²) in [5.74, 6) is 0.636. The molecule has 0 unspecified atom stereocenters. The summed E-state index contributed by atoms with van der Waals surface area (Å²) in [6.07, 6.45) is 1.58. The molecule has 2 aromatic rings. The molecular formula is C18H15BrFN3O2S. The van der Waals surface area contributed by atoms with Gasteiger partial charge in [-0.05, 0) is 35.9 Å². The summed E-state index contributed by atoms with van der Waals surface area (Å²) >= 11 is 4.73. The van der Waals surface area contributed by atoms with Gasteiger partial charge >= 0.3 is 0 Å². The Hall–Kier alpha value is -2.19. The monoisotopic (exact) mass is 435 g/mol. The van der Waals surface area contributed by atoms with Crippen LogP contribution in [0.3, 0.4) is 0 Å². The second kappa shape index (κ2) is 8.46. The molecule has 0 aliphatic carbocycles. The van der Waals surface area contributed by atoms with Crippen molar-refractivity contribution in [1.29, 1.82) is 0 Å². The molecule has 1 saturated heterocycles. The smallest absolute Gasteiger partial charge is 0.239 e. The zero-order chi connectivity index (χ0) is 18.5. The van der Waals surface area contributed by atoms with E-state index in [1.807, 2.05) is 18.2 Å². The van der Waals surface area contributed by atoms with Gasteiger partial charge in [-0.25, -0.2) is 4.39 Å². The second-order valence-corrected chi connectivity index (χ2v) is 7.27. The molecule has 0 N–H and O–H groups in total. The SMILES string of the molecule is COc1ccc(Br)cc1/C=N\N=C1\SCC(=O)N1Cc1ccc(F)cc1. The number of hydrogen-bond donors (Lipinski definition) is 0. The van der Waals surface area contributed by atoms with Crippen LogP contribution in [0.2, 0.25) is 0 Å². The van der Waals surface area contributed by atoms with Gasteiger partial charge in [0, 0.05) is 10.0 Å². The Labute approximate surface area is 163 Å². The number of halogens is 2. The van der Waals surface area contributed by atoms with Gasteiger partial charge in [-0.2, -0.15) is 5.10 Å². The van der Waals surface area contributed by atoms with Crippen LogP contribution in [-0.2, 0) is 11.3 Å². The molecule has 0 bridgehead atoms. The van der Waals surface area contributed by atoms with Gasteiger partial charge < -0.3 is 4.74 Å². The van der Waals surface area contributed by atoms with E-state index < -0.39 is 0 Å². The minimum absolute atomic E-state index is 0.0479. The first-order valence-electron chi connectivity index (χ1n) is 7.69. The normalized spacial score (nSPS) is 16.0. The van der Waals surface area contributed by atoms with Crippen LogP contribution in [0.5, 0.6) is 5.75 Å². The molecule has 5 nitrogen and oxygen atoms in total. The highest BCUT2D eigenvalue weighted by molar-refractivity contribution is 9.10. The second-order valence-electron chi connectivity index (χ2n) is 5.41. The third-order valence-corrected chi connectivity index (χ3v) is 5.09. The van der Waals surface area contributed by atoms with E-state index in [1.165, 1.54) is 23.9 Å². The molecule has 26 heavy (non-hydrogen) atoms. The highest BCUT2D eigenvalue weighted by Crippen LogP contribution is 2.23. The van der Waals surface area contributed by atoms with Crippen LogP contribution >= 0.6 is 27.7 Å². The largest absolute Gasteiger partial charge is 0.496 e. The maximum atomic E-state index is 13.0. The number of amidine groups is 1. The molecule has 1 aliphatic rings. The van der Waals surface area contributed by atoms with E-state index in [9.17, 15) is 9.18 Å². The predicted octanol–water partition coefficient (Wildman–Crippen LogP) is 4.06. The van der Waals surface area contributed by atoms with Crippen molar-refractivity contribution < 1.29 is 13.9 Å². The fourth-order valence-electron chi connectivity index (χ4n) is 2.35. The van der Waals surface area contributed by atoms with Crippen molar-refractivity contribution in [3.63, 3.8) is 0 Å². The van der Waals surface area contributed by atoms with Gasteiger partial charge in [0.2, 0.25) is 5.91 Å². The average molecular weight is 436 g/mol. The van der Waals surface area contributed by atoms with Crippen molar-refractivity contribution >= 4 is 45.0 Å². The minimum atomic E-state index is -0.308. The summed E-state index contributed by atoms with van der Waals surface area (Å²) in [5.41, 5.74) is 1.60. The van der Waals surface area contributed by atoms with Gasteiger partial charge in [0.05, 0.1) is 25.6 Å². The topological polar surface area (TPSA) is 54.3 Å². The maximum Gasteiger partial charge on any atom is 0.239 e. The Bertz CT molecular complexity index is 871. The first-order valence-corrected chi connectivity index (χ1v) is 9.47. The van der Waals surface area contributed by atoms with E-state index in [0.717, 1.165) is 15.6 Å². The number of rotatable bonds is 5. The van der Waals surface area contributed by atoms with Gasteiger partial charge in [0.15, 0.2) is 5.17 Å². The number of ether oxygens (including phenoxy) is 1. The lowest BCUT2D eigenvalue weighted by molar-refractivity contribution is -0.124. The quantitative estimate of drug-likeness (QED) is 0.525. The van der Waals surface area contributed by atoms with Gasteiger partial charge in [0.1, 0.15) is 11.6 Å². The van der Waals surface area contributed by atoms with Gasteiger partial charge in [-0.3, -0.25) is 9.69 Å². The molecular weight excluding hydrogens is 421 g/mol. The lowest BCUT2D eigenvalue weighted by Crippen LogP contribution is -2.28. The number of methoxy groups -OCH3 is 1. The lowest BCUT2D eigenvalue weighted by atomic mass is 10.2. The molecule has 0 aromatic heterocycles. The van der Waals surface area contributed by atoms with Gasteiger partial charge in [-0.1, -0.05) is 39.8 Å². The van der Waals surface area contributed by atoms with Crippen molar-refractivity contribution in [3.8, 4) is 5.75 Å². The summed E-state index contributed by atoms with van der Waals surface area (Å²) in [6, 6.07) is 11.6. The van der Waals surface area contributed by atoms with E-state index in [1.54, 1.807) is 30.4 Å². The molecule has 3 rings (SSSR count). The van der Waals surface area contributed by atoms with E-state index in [4.69, 9.17) is 4.74 Å². The van der Waals surface area contributed by atoms with Crippen LogP contribution in [0.4, 0.5) is 4.39 Å². The van der Waals surface area contributed by atoms with Crippen molar-refractivity contribution in [2.24, 2.45) is 10.2 Å². The van der Waals surface area contributed by atoms with E-state index in [-0.39, 0.29) is 11.7 Å². The molecule has 0 radical (unpaired) electrons. The summed E-state index contributed by atoms with van der Waals surface area (Å²) in [4.78, 5) is 13.7. The fraction of sp³-hybridized carbons (Fsp3) is 0.167. The number of carbonyl (C=O) groups excluding carboxylic acids is 1. The number of benzene rings is 2. The molecule has 1 aliphatic heterocycles. The standard InChI is InChI=1S/C18H15BrFN3O2S/c1-25-16-7-4-14(19)8-13(16)9-21-22-18-23(17(24)11-26-18)10-12-2-5-15(20)6-3-12/h2-9H,10-11H2,1H3/b21-9-,22-18+. The van der Waals surface area contributed by atoms with Crippen molar-refractivity contribution in [3.05, 3.63) is 63.9 Å². The van der Waals surface area contributed by atoms with Crippen molar-refractivity contribution in [2.45, 2.75) is 6.54 Å². The Morgan fingerprint density at radius 3 is 2.81 bits per heavy atom. The Balaban J connectivity index is 1.77. The number of amides is 1. The maximum absolute atomic E-state index is 13.0. The van der Waals surface area contributed by atoms with Gasteiger partial charge in [-0.15, -0.1) is 5.10 Å². The number of carbonyl (C=O) groups is 1. The Morgan fingerprint density at radius 2 is 2.08 bits per heavy atom. The van der Waals surface area contributed by atoms with E-state index in [2.05, 4.69) is 26.1 Å². The zero-order valence-corrected chi connectivity index (χ0v) is 16.3. The summed E-state index contributed by atoms with van der Waals surface area (Å²) in [7, 11) is 1.59. The third kappa shape index (κ3) is 4.50. The first kappa shape index (κ1) is 18.6. The van der Waals surface area contributed by atoms with Crippen molar-refractivity contribution in [1.82, 2.24) is 4.90 Å². The summed E-state index contributed by atoms with van der Waals surface area (Å²) < 4.78 is 19.2. The van der Waals surface area contributed by atoms with E-state index >= 15 is 0 Å². The highest BCUT2D eigenvalue weighted by atomic mass is 79.9. The van der Waals surface area contributed by atoms with Crippen LogP contribution in [0.25, 0.3) is 0 Å². The van der Waals surface area contributed by atoms with Crippen LogP contribution in [0.15, 0.2) is 57.1 Å². The van der Waals surface area contributed by atoms with E-state index in [0.29, 0.717) is 23.2 Å². The summed E-state index contributed by atoms with van der Waals surface area (Å²) in [5, 5.41) is 8.80. The fourth-order valence-corrected chi connectivity index (χ4v) is 3.56. The number of thioether (sulfide) groups is 1. The molecule has 0 atom stereocenters. The van der Waals surface area contributed by atoms with Crippen molar-refractivity contribution in [2.75, 3.05) is 12.9 Å². The molecule has 1 heterocycles. The number of nitrogens with zero attached hydrogens (tertiary/aromatic N) is 3. The average Bonchev–Trinajstić information content (AvgIpc) is 2.97. The molecule has 0 spiro atoms. The molecule has 1 fully saturated rings. The van der Waals surface area contributed by atoms with Crippen LogP contribution in [-0.4, -0.2) is 35.1 Å². The molecule has 2 aromatic carbocycles. The first-order chi connectivity index (χ1) is 12.6. The number of hydrogen-bond acceptors (Lipinski definition) is 5. The third-order valence-electron chi connectivity index (χ3n) is 3.64. The van der Waals surface area contributed by atoms with Gasteiger partial charge in [0.25, 0.3) is 0 Å². The summed E-state index contributed by atoms with van der Waals surface area (Å²) in [6.45, 7) is 0.334. The van der Waals surface area contributed by atoms with Crippen LogP contribution < -0.4 is 4.74 Å². The minimum Gasteiger partial charge on any atom is -0.496 e. The van der Waals surface area contributed by atoms with Crippen LogP contribution in [0.1, 0.15) is 11.1 Å². The molecule has 134 valence electrons. The molecule has 8 heteroatoms. The molecule has 0 saturated carbocycles. The Morgan fingerprint density at radius 1 is 1.31 bits per heavy atom. The zero-order valence-electron chi connectivity index (χ0n) is 13.9. The lowest BCUT2D eigenvalue weighted by Gasteiger charge is -2.15. The predicted molar refractivity (Wildman–Crippen MR) is 105 cm³/mol. The molecule has 1 amide bonds. The highest BCUT2D eigenvalue weighted by Gasteiger charge is 2.28.